The number of carboxylic acid groups (broad SMARTS) is 1. The second-order valence-corrected chi connectivity index (χ2v) is 10.3. The average Bonchev–Trinajstić information content (AvgIpc) is 3.18. The number of carbonyl (C=O) groups is 2. The normalized spacial score (nSPS) is 17.2. The fraction of sp³-hybridized carbons (Fsp3) is 0.333. The van der Waals surface area contributed by atoms with Gasteiger partial charge in [0.1, 0.15) is 23.7 Å². The molecule has 0 aliphatic carbocycles. The first-order valence-electron chi connectivity index (χ1n) is 11.4. The molecule has 196 valence electrons. The minimum Gasteiger partial charge on any atom is -0.755 e. The monoisotopic (exact) mass is 545 g/mol. The number of nitrogen functional groups attached to an aromatic ring is 1. The van der Waals surface area contributed by atoms with Gasteiger partial charge in [-0.2, -0.15) is 0 Å². The average molecular weight is 546 g/mol. The zero-order valence-corrected chi connectivity index (χ0v) is 22.0. The van der Waals surface area contributed by atoms with Crippen molar-refractivity contribution in [1.29, 1.82) is 0 Å². The third-order valence-electron chi connectivity index (χ3n) is 6.41. The largest absolute Gasteiger partial charge is 0.755 e. The number of carboxylic acids is 1. The third-order valence-corrected chi connectivity index (χ3v) is 7.54. The van der Waals surface area contributed by atoms with E-state index >= 15 is 0 Å². The number of halogens is 1. The molecule has 1 unspecified atom stereocenters. The molecule has 13 heteroatoms. The molecule has 2 aromatic heterocycles. The number of fused-ring (bicyclic) bond motifs is 1. The van der Waals surface area contributed by atoms with Crippen LogP contribution in [0, 0.1) is 6.92 Å². The molecule has 0 spiro atoms. The predicted molar refractivity (Wildman–Crippen MR) is 141 cm³/mol. The van der Waals surface area contributed by atoms with E-state index in [4.69, 9.17) is 17.3 Å². The predicted octanol–water partition coefficient (Wildman–Crippen LogP) is 2.14. The van der Waals surface area contributed by atoms with E-state index in [1.54, 1.807) is 36.1 Å². The molecule has 37 heavy (non-hydrogen) atoms. The van der Waals surface area contributed by atoms with Gasteiger partial charge in [-0.25, -0.2) is 14.8 Å². The van der Waals surface area contributed by atoms with Gasteiger partial charge in [0.25, 0.3) is 0 Å². The van der Waals surface area contributed by atoms with Gasteiger partial charge in [0, 0.05) is 54.9 Å². The standard InChI is InChI=1S/C24H27ClN6O5S/c1-13-8-16(12-28-22(13)29(2)3)31(37(35)36)19-5-7-30(23(19)32)20(24(33)34)10-15-9-14-4-6-27-21(26)17(14)11-18(15)25/h4,6,8-9,11-12,19-20H,5,7,10H2,1-3H3,(H2,26,27)(H,33,34)(H,35,36)/p-1/t19-,20+/m0/s1. The Hall–Kier alpha value is -3.48. The quantitative estimate of drug-likeness (QED) is 0.405. The van der Waals surface area contributed by atoms with Crippen LogP contribution in [0.1, 0.15) is 17.5 Å². The molecule has 1 aromatic carbocycles. The Kier molecular flexibility index (Phi) is 7.53. The lowest BCUT2D eigenvalue weighted by Gasteiger charge is -2.32. The van der Waals surface area contributed by atoms with Crippen molar-refractivity contribution in [2.45, 2.75) is 31.8 Å². The number of aryl methyl sites for hydroxylation is 1. The van der Waals surface area contributed by atoms with Crippen LogP contribution in [-0.2, 0) is 27.3 Å². The molecule has 0 saturated carbocycles. The van der Waals surface area contributed by atoms with E-state index < -0.39 is 35.2 Å². The van der Waals surface area contributed by atoms with Crippen LogP contribution in [-0.4, -0.2) is 73.3 Å². The lowest BCUT2D eigenvalue weighted by atomic mass is 10.0. The van der Waals surface area contributed by atoms with E-state index in [1.165, 1.54) is 17.3 Å². The summed E-state index contributed by atoms with van der Waals surface area (Å²) in [6.45, 7) is 1.86. The zero-order valence-electron chi connectivity index (χ0n) is 20.4. The second kappa shape index (κ2) is 10.5. The number of hydrogen-bond donors (Lipinski definition) is 2. The van der Waals surface area contributed by atoms with Crippen LogP contribution in [0.4, 0.5) is 17.3 Å². The van der Waals surface area contributed by atoms with Crippen molar-refractivity contribution >= 4 is 62.8 Å². The summed E-state index contributed by atoms with van der Waals surface area (Å²) in [6, 6.07) is 4.38. The number of hydrogen-bond acceptors (Lipinski definition) is 8. The van der Waals surface area contributed by atoms with Gasteiger partial charge >= 0.3 is 5.97 Å². The van der Waals surface area contributed by atoms with Crippen LogP contribution in [0.2, 0.25) is 5.02 Å². The maximum Gasteiger partial charge on any atom is 0.326 e. The van der Waals surface area contributed by atoms with Gasteiger partial charge in [-0.1, -0.05) is 11.6 Å². The van der Waals surface area contributed by atoms with Crippen LogP contribution in [0.5, 0.6) is 0 Å². The molecule has 0 radical (unpaired) electrons. The van der Waals surface area contributed by atoms with Crippen LogP contribution in [0.15, 0.2) is 36.7 Å². The summed E-state index contributed by atoms with van der Waals surface area (Å²) in [7, 11) is 3.63. The molecule has 1 aliphatic rings. The maximum absolute atomic E-state index is 13.4. The van der Waals surface area contributed by atoms with Gasteiger partial charge in [0.15, 0.2) is 0 Å². The van der Waals surface area contributed by atoms with Crippen molar-refractivity contribution in [2.24, 2.45) is 0 Å². The van der Waals surface area contributed by atoms with E-state index in [9.17, 15) is 23.5 Å². The number of likely N-dealkylation sites (tertiary alicyclic amines) is 1. The Balaban J connectivity index is 1.62. The third kappa shape index (κ3) is 5.17. The maximum atomic E-state index is 13.4. The summed E-state index contributed by atoms with van der Waals surface area (Å²) < 4.78 is 25.4. The number of aromatic nitrogens is 2. The summed E-state index contributed by atoms with van der Waals surface area (Å²) in [6.07, 6.45) is 2.98. The molecule has 11 nitrogen and oxygen atoms in total. The first-order valence-corrected chi connectivity index (χ1v) is 12.8. The number of nitrogens with zero attached hydrogens (tertiary/aromatic N) is 5. The number of nitrogens with two attached hydrogens (primary N) is 1. The first-order chi connectivity index (χ1) is 17.5. The molecule has 0 bridgehead atoms. The lowest BCUT2D eigenvalue weighted by molar-refractivity contribution is -0.148. The highest BCUT2D eigenvalue weighted by Crippen LogP contribution is 2.32. The van der Waals surface area contributed by atoms with E-state index in [2.05, 4.69) is 9.97 Å². The molecular formula is C24H26ClN6O5S-. The molecular weight excluding hydrogens is 520 g/mol. The van der Waals surface area contributed by atoms with Crippen LogP contribution < -0.4 is 14.9 Å². The highest BCUT2D eigenvalue weighted by Gasteiger charge is 2.42. The highest BCUT2D eigenvalue weighted by atomic mass is 35.5. The number of anilines is 3. The Labute approximate surface area is 221 Å². The Bertz CT molecular complexity index is 1400. The summed E-state index contributed by atoms with van der Waals surface area (Å²) in [4.78, 5) is 37.0. The van der Waals surface area contributed by atoms with Gasteiger partial charge in [-0.3, -0.25) is 13.3 Å². The minimum atomic E-state index is -2.79. The van der Waals surface area contributed by atoms with E-state index in [0.717, 1.165) is 15.3 Å². The number of amides is 1. The Morgan fingerprint density at radius 1 is 1.35 bits per heavy atom. The van der Waals surface area contributed by atoms with Crippen molar-refractivity contribution in [2.75, 3.05) is 35.6 Å². The second-order valence-electron chi connectivity index (χ2n) is 9.03. The Morgan fingerprint density at radius 2 is 2.08 bits per heavy atom. The van der Waals surface area contributed by atoms with Gasteiger partial charge in [-0.05, 0) is 54.1 Å². The summed E-state index contributed by atoms with van der Waals surface area (Å²) in [5.74, 6) is -0.860. The van der Waals surface area contributed by atoms with Gasteiger partial charge in [0.05, 0.1) is 11.9 Å². The molecule has 3 N–H and O–H groups in total. The molecule has 1 aliphatic heterocycles. The number of rotatable bonds is 8. The van der Waals surface area contributed by atoms with Crippen LogP contribution in [0.25, 0.3) is 10.8 Å². The summed E-state index contributed by atoms with van der Waals surface area (Å²) in [5, 5.41) is 11.7. The number of carbonyl (C=O) groups excluding carboxylic acids is 1. The van der Waals surface area contributed by atoms with Crippen molar-refractivity contribution in [3.63, 3.8) is 0 Å². The molecule has 3 heterocycles. The highest BCUT2D eigenvalue weighted by molar-refractivity contribution is 7.80. The molecule has 1 fully saturated rings. The van der Waals surface area contributed by atoms with Crippen molar-refractivity contribution < 1.29 is 23.5 Å². The fourth-order valence-electron chi connectivity index (χ4n) is 4.68. The zero-order chi connectivity index (χ0) is 27.0. The Morgan fingerprint density at radius 3 is 2.70 bits per heavy atom. The van der Waals surface area contributed by atoms with E-state index in [1.807, 2.05) is 14.1 Å². The van der Waals surface area contributed by atoms with Crippen LogP contribution in [0.3, 0.4) is 0 Å². The lowest BCUT2D eigenvalue weighted by Crippen LogP contribution is -2.48. The van der Waals surface area contributed by atoms with Crippen molar-refractivity contribution in [3.05, 3.63) is 52.8 Å². The smallest absolute Gasteiger partial charge is 0.326 e. The minimum absolute atomic E-state index is 0.0660. The van der Waals surface area contributed by atoms with Gasteiger partial charge in [0.2, 0.25) is 5.91 Å². The summed E-state index contributed by atoms with van der Waals surface area (Å²) in [5.41, 5.74) is 7.39. The van der Waals surface area contributed by atoms with Crippen molar-refractivity contribution in [1.82, 2.24) is 14.9 Å². The SMILES string of the molecule is Cc1cc(N([C@H]2CCN([C@H](Cc3cc4ccnc(N)c4cc3Cl)C(=O)O)C2=O)S(=O)[O-])cnc1N(C)C. The molecule has 1 amide bonds. The molecule has 3 aromatic rings. The van der Waals surface area contributed by atoms with Crippen LogP contribution >= 0.6 is 11.6 Å². The van der Waals surface area contributed by atoms with E-state index in [0.29, 0.717) is 27.6 Å². The molecule has 4 rings (SSSR count). The molecule has 3 atom stereocenters. The topological polar surface area (TPSA) is 156 Å². The van der Waals surface area contributed by atoms with Gasteiger partial charge in [-0.15, -0.1) is 0 Å². The number of benzene rings is 1. The molecule has 1 saturated heterocycles. The van der Waals surface area contributed by atoms with Gasteiger partial charge < -0.3 is 25.2 Å². The van der Waals surface area contributed by atoms with Crippen molar-refractivity contribution in [3.8, 4) is 0 Å². The summed E-state index contributed by atoms with van der Waals surface area (Å²) >= 11 is 3.64. The number of pyridine rings is 2. The fourth-order valence-corrected chi connectivity index (χ4v) is 5.60. The number of aliphatic carboxylic acids is 1. The van der Waals surface area contributed by atoms with E-state index in [-0.39, 0.29) is 25.1 Å². The first kappa shape index (κ1) is 26.6.